The van der Waals surface area contributed by atoms with Crippen molar-refractivity contribution < 1.29 is 14.3 Å². The molecule has 0 bridgehead atoms. The number of nitrogens with zero attached hydrogens (tertiary/aromatic N) is 2. The number of hydrogen-bond donors (Lipinski definition) is 1. The van der Waals surface area contributed by atoms with Crippen molar-refractivity contribution in [1.29, 1.82) is 0 Å². The van der Waals surface area contributed by atoms with E-state index in [2.05, 4.69) is 24.1 Å². The van der Waals surface area contributed by atoms with Crippen molar-refractivity contribution in [3.8, 4) is 0 Å². The maximum atomic E-state index is 12.6. The molecule has 1 heterocycles. The Labute approximate surface area is 182 Å². The summed E-state index contributed by atoms with van der Waals surface area (Å²) in [6.07, 6.45) is 0.454. The fourth-order valence-corrected chi connectivity index (χ4v) is 3.91. The highest BCUT2D eigenvalue weighted by atomic mass is 35.5. The molecule has 0 aliphatic carbocycles. The standard InChI is InChI=1S/C23H28ClN3O3/c1-15-12-27(13-16(2)30-15)14-17-5-7-18(8-6-17)22(28)25-19-9-10-20(21(24)11-19)23(29)26(3)4/h5-11,15-16H,12-14H2,1-4H3,(H,25,28). The SMILES string of the molecule is CC1CN(Cc2ccc(C(=O)Nc3ccc(C(=O)N(C)C)c(Cl)c3)cc2)CC(C)O1. The number of carbonyl (C=O) groups is 2. The van der Waals surface area contributed by atoms with Crippen LogP contribution in [0.25, 0.3) is 0 Å². The Balaban J connectivity index is 1.62. The molecule has 1 saturated heterocycles. The highest BCUT2D eigenvalue weighted by Crippen LogP contribution is 2.23. The summed E-state index contributed by atoms with van der Waals surface area (Å²) in [5.74, 6) is -0.407. The molecule has 2 aromatic carbocycles. The summed E-state index contributed by atoms with van der Waals surface area (Å²) in [6, 6.07) is 12.5. The molecule has 1 N–H and O–H groups in total. The van der Waals surface area contributed by atoms with E-state index in [9.17, 15) is 9.59 Å². The third-order valence-electron chi connectivity index (χ3n) is 4.98. The van der Waals surface area contributed by atoms with E-state index in [-0.39, 0.29) is 24.0 Å². The van der Waals surface area contributed by atoms with E-state index >= 15 is 0 Å². The molecule has 2 amide bonds. The van der Waals surface area contributed by atoms with Gasteiger partial charge in [0.15, 0.2) is 0 Å². The van der Waals surface area contributed by atoms with Gasteiger partial charge in [0.1, 0.15) is 0 Å². The van der Waals surface area contributed by atoms with Gasteiger partial charge in [0.25, 0.3) is 11.8 Å². The molecule has 7 heteroatoms. The number of hydrogen-bond acceptors (Lipinski definition) is 4. The van der Waals surface area contributed by atoms with Gasteiger partial charge in [-0.05, 0) is 49.7 Å². The van der Waals surface area contributed by atoms with Gasteiger partial charge in [0.05, 0.1) is 22.8 Å². The van der Waals surface area contributed by atoms with Crippen LogP contribution in [0.5, 0.6) is 0 Å². The number of halogens is 1. The Kier molecular flexibility index (Phi) is 7.13. The smallest absolute Gasteiger partial charge is 0.255 e. The second-order valence-electron chi connectivity index (χ2n) is 8.00. The first kappa shape index (κ1) is 22.3. The van der Waals surface area contributed by atoms with E-state index in [4.69, 9.17) is 16.3 Å². The van der Waals surface area contributed by atoms with Crippen molar-refractivity contribution in [2.24, 2.45) is 0 Å². The minimum absolute atomic E-state index is 0.183. The molecule has 0 saturated carbocycles. The summed E-state index contributed by atoms with van der Waals surface area (Å²) in [4.78, 5) is 28.5. The van der Waals surface area contributed by atoms with Crippen LogP contribution in [0.15, 0.2) is 42.5 Å². The zero-order valence-electron chi connectivity index (χ0n) is 17.8. The molecule has 6 nitrogen and oxygen atoms in total. The Morgan fingerprint density at radius 2 is 1.73 bits per heavy atom. The Bertz CT molecular complexity index is 904. The molecule has 3 rings (SSSR count). The van der Waals surface area contributed by atoms with E-state index in [0.29, 0.717) is 21.8 Å². The number of amides is 2. The van der Waals surface area contributed by atoms with Gasteiger partial charge >= 0.3 is 0 Å². The molecule has 1 aliphatic heterocycles. The molecule has 0 spiro atoms. The van der Waals surface area contributed by atoms with Crippen molar-refractivity contribution in [3.05, 3.63) is 64.2 Å². The zero-order valence-corrected chi connectivity index (χ0v) is 18.6. The molecule has 2 atom stereocenters. The molecule has 2 aromatic rings. The van der Waals surface area contributed by atoms with Gasteiger partial charge in [-0.3, -0.25) is 14.5 Å². The molecule has 2 unspecified atom stereocenters. The van der Waals surface area contributed by atoms with Crippen molar-refractivity contribution in [2.45, 2.75) is 32.6 Å². The summed E-state index contributed by atoms with van der Waals surface area (Å²) >= 11 is 6.22. The number of rotatable bonds is 5. The first-order valence-electron chi connectivity index (χ1n) is 10.0. The van der Waals surface area contributed by atoms with Crippen molar-refractivity contribution >= 4 is 29.1 Å². The number of benzene rings is 2. The van der Waals surface area contributed by atoms with Crippen molar-refractivity contribution in [3.63, 3.8) is 0 Å². The normalized spacial score (nSPS) is 19.4. The number of anilines is 1. The molecular formula is C23H28ClN3O3. The maximum Gasteiger partial charge on any atom is 0.255 e. The van der Waals surface area contributed by atoms with E-state index in [0.717, 1.165) is 25.2 Å². The van der Waals surface area contributed by atoms with Gasteiger partial charge in [-0.25, -0.2) is 0 Å². The van der Waals surface area contributed by atoms with E-state index in [1.165, 1.54) is 4.90 Å². The molecule has 30 heavy (non-hydrogen) atoms. The fraction of sp³-hybridized carbons (Fsp3) is 0.391. The lowest BCUT2D eigenvalue weighted by molar-refractivity contribution is -0.0704. The minimum atomic E-state index is -0.224. The first-order valence-corrected chi connectivity index (χ1v) is 10.4. The topological polar surface area (TPSA) is 61.9 Å². The zero-order chi connectivity index (χ0) is 21.8. The van der Waals surface area contributed by atoms with E-state index in [1.54, 1.807) is 32.3 Å². The first-order chi connectivity index (χ1) is 14.2. The predicted octanol–water partition coefficient (Wildman–Crippen LogP) is 3.90. The fourth-order valence-electron chi connectivity index (χ4n) is 3.64. The van der Waals surface area contributed by atoms with Crippen LogP contribution in [-0.4, -0.2) is 61.0 Å². The Morgan fingerprint density at radius 1 is 1.10 bits per heavy atom. The van der Waals surface area contributed by atoms with Crippen LogP contribution in [0.4, 0.5) is 5.69 Å². The Morgan fingerprint density at radius 3 is 2.30 bits per heavy atom. The number of ether oxygens (including phenoxy) is 1. The number of morpholine rings is 1. The second-order valence-corrected chi connectivity index (χ2v) is 8.40. The lowest BCUT2D eigenvalue weighted by atomic mass is 10.1. The lowest BCUT2D eigenvalue weighted by Crippen LogP contribution is -2.44. The van der Waals surface area contributed by atoms with Crippen molar-refractivity contribution in [1.82, 2.24) is 9.80 Å². The minimum Gasteiger partial charge on any atom is -0.373 e. The number of carbonyl (C=O) groups excluding carboxylic acids is 2. The van der Waals surface area contributed by atoms with Crippen LogP contribution in [0.1, 0.15) is 40.1 Å². The monoisotopic (exact) mass is 429 g/mol. The molecule has 0 radical (unpaired) electrons. The molecule has 0 aromatic heterocycles. The largest absolute Gasteiger partial charge is 0.373 e. The second kappa shape index (κ2) is 9.60. The average Bonchev–Trinajstić information content (AvgIpc) is 2.67. The van der Waals surface area contributed by atoms with E-state index < -0.39 is 0 Å². The highest BCUT2D eigenvalue weighted by molar-refractivity contribution is 6.34. The summed E-state index contributed by atoms with van der Waals surface area (Å²) in [5.41, 5.74) is 2.66. The van der Waals surface area contributed by atoms with E-state index in [1.807, 2.05) is 24.3 Å². The summed E-state index contributed by atoms with van der Waals surface area (Å²) in [7, 11) is 3.33. The molecule has 160 valence electrons. The summed E-state index contributed by atoms with van der Waals surface area (Å²) in [6.45, 7) is 6.81. The predicted molar refractivity (Wildman–Crippen MR) is 119 cm³/mol. The maximum absolute atomic E-state index is 12.6. The molecular weight excluding hydrogens is 402 g/mol. The van der Waals surface area contributed by atoms with Crippen molar-refractivity contribution in [2.75, 3.05) is 32.5 Å². The van der Waals surface area contributed by atoms with Crippen LogP contribution in [-0.2, 0) is 11.3 Å². The van der Waals surface area contributed by atoms with Crippen LogP contribution >= 0.6 is 11.6 Å². The summed E-state index contributed by atoms with van der Waals surface area (Å²) < 4.78 is 5.78. The van der Waals surface area contributed by atoms with Crippen LogP contribution < -0.4 is 5.32 Å². The third kappa shape index (κ3) is 5.59. The van der Waals surface area contributed by atoms with Crippen LogP contribution in [0, 0.1) is 0 Å². The lowest BCUT2D eigenvalue weighted by Gasteiger charge is -2.35. The quantitative estimate of drug-likeness (QED) is 0.782. The molecule has 1 fully saturated rings. The highest BCUT2D eigenvalue weighted by Gasteiger charge is 2.22. The Hall–Kier alpha value is -2.41. The average molecular weight is 430 g/mol. The van der Waals surface area contributed by atoms with Gasteiger partial charge in [0.2, 0.25) is 0 Å². The van der Waals surface area contributed by atoms with Gasteiger partial charge in [-0.2, -0.15) is 0 Å². The molecule has 1 aliphatic rings. The van der Waals surface area contributed by atoms with Gasteiger partial charge in [0, 0.05) is 45.0 Å². The van der Waals surface area contributed by atoms with Gasteiger partial charge < -0.3 is 15.0 Å². The third-order valence-corrected chi connectivity index (χ3v) is 5.29. The van der Waals surface area contributed by atoms with Gasteiger partial charge in [-0.1, -0.05) is 23.7 Å². The number of nitrogens with one attached hydrogen (secondary N) is 1. The summed E-state index contributed by atoms with van der Waals surface area (Å²) in [5, 5.41) is 3.13. The van der Waals surface area contributed by atoms with Crippen LogP contribution in [0.3, 0.4) is 0 Å². The van der Waals surface area contributed by atoms with Crippen LogP contribution in [0.2, 0.25) is 5.02 Å². The van der Waals surface area contributed by atoms with Gasteiger partial charge in [-0.15, -0.1) is 0 Å².